The molecule has 1 saturated carbocycles. The molecule has 1 aliphatic carbocycles. The summed E-state index contributed by atoms with van der Waals surface area (Å²) in [5, 5.41) is 25.8. The number of carboxylic acids is 1. The number of aliphatic hydroxyl groups excluding tert-OH is 1. The van der Waals surface area contributed by atoms with Gasteiger partial charge in [0.1, 0.15) is 0 Å². The van der Waals surface area contributed by atoms with E-state index in [1.54, 1.807) is 11.6 Å². The molecule has 2 N–H and O–H groups in total. The van der Waals surface area contributed by atoms with Crippen molar-refractivity contribution in [2.24, 2.45) is 5.92 Å². The zero-order valence-electron chi connectivity index (χ0n) is 9.83. The van der Waals surface area contributed by atoms with E-state index in [1.165, 1.54) is 0 Å². The predicted octanol–water partition coefficient (Wildman–Crippen LogP) is 0.700. The second-order valence-corrected chi connectivity index (χ2v) is 4.70. The van der Waals surface area contributed by atoms with Crippen LogP contribution in [-0.2, 0) is 13.0 Å². The number of carboxylic acid groups (broad SMARTS) is 1. The average Bonchev–Trinajstić information content (AvgIpc) is 2.95. The van der Waals surface area contributed by atoms with Crippen molar-refractivity contribution in [3.05, 3.63) is 11.4 Å². The molecule has 0 radical (unpaired) electrons. The first-order valence-electron chi connectivity index (χ1n) is 5.91. The minimum Gasteiger partial charge on any atom is -0.476 e. The Balaban J connectivity index is 2.14. The van der Waals surface area contributed by atoms with E-state index in [2.05, 4.69) is 10.3 Å². The quantitative estimate of drug-likeness (QED) is 0.762. The number of aromatic nitrogens is 3. The first-order valence-corrected chi connectivity index (χ1v) is 5.91. The molecule has 2 rings (SSSR count). The Hall–Kier alpha value is -1.43. The summed E-state index contributed by atoms with van der Waals surface area (Å²) in [5.41, 5.74) is 0.753. The van der Waals surface area contributed by atoms with Crippen LogP contribution in [0.2, 0.25) is 0 Å². The normalized spacial score (nSPS) is 17.1. The van der Waals surface area contributed by atoms with Crippen molar-refractivity contribution in [1.29, 1.82) is 0 Å². The number of aromatic carboxylic acids is 1. The molecule has 1 unspecified atom stereocenters. The van der Waals surface area contributed by atoms with Gasteiger partial charge in [0.2, 0.25) is 0 Å². The summed E-state index contributed by atoms with van der Waals surface area (Å²) in [6.07, 6.45) is 3.18. The van der Waals surface area contributed by atoms with Crippen molar-refractivity contribution in [2.75, 3.05) is 0 Å². The maximum absolute atomic E-state index is 11.0. The summed E-state index contributed by atoms with van der Waals surface area (Å²) >= 11 is 0. The van der Waals surface area contributed by atoms with E-state index in [0.29, 0.717) is 24.6 Å². The number of nitrogens with zero attached hydrogens (tertiary/aromatic N) is 3. The lowest BCUT2D eigenvalue weighted by Crippen LogP contribution is -2.13. The molecule has 1 aliphatic rings. The molecular weight excluding hydrogens is 222 g/mol. The molecule has 1 fully saturated rings. The zero-order valence-corrected chi connectivity index (χ0v) is 9.83. The van der Waals surface area contributed by atoms with Gasteiger partial charge >= 0.3 is 5.97 Å². The van der Waals surface area contributed by atoms with Gasteiger partial charge in [0, 0.05) is 6.54 Å². The van der Waals surface area contributed by atoms with Crippen LogP contribution in [0.5, 0.6) is 0 Å². The lowest BCUT2D eigenvalue weighted by Gasteiger charge is -2.07. The van der Waals surface area contributed by atoms with Gasteiger partial charge in [0.15, 0.2) is 5.69 Å². The van der Waals surface area contributed by atoms with E-state index in [4.69, 9.17) is 5.11 Å². The van der Waals surface area contributed by atoms with Crippen LogP contribution in [0.3, 0.4) is 0 Å². The Labute approximate surface area is 99.3 Å². The minimum absolute atomic E-state index is 0.0579. The summed E-state index contributed by atoms with van der Waals surface area (Å²) in [7, 11) is 0. The molecule has 17 heavy (non-hydrogen) atoms. The largest absolute Gasteiger partial charge is 0.476 e. The minimum atomic E-state index is -1.02. The maximum atomic E-state index is 11.0. The van der Waals surface area contributed by atoms with Gasteiger partial charge in [-0.15, -0.1) is 5.10 Å². The molecule has 1 aromatic rings. The van der Waals surface area contributed by atoms with Crippen LogP contribution in [0.4, 0.5) is 0 Å². The van der Waals surface area contributed by atoms with Crippen molar-refractivity contribution in [1.82, 2.24) is 15.0 Å². The molecule has 0 aliphatic heterocycles. The topological polar surface area (TPSA) is 88.2 Å². The standard InChI is InChI=1S/C11H17N3O3/c1-7(15)4-5-14-9(6-8-2-3-8)10(11(16)17)12-13-14/h7-8,15H,2-6H2,1H3,(H,16,17). The van der Waals surface area contributed by atoms with E-state index in [0.717, 1.165) is 19.3 Å². The summed E-state index contributed by atoms with van der Waals surface area (Å²) < 4.78 is 1.62. The maximum Gasteiger partial charge on any atom is 0.358 e. The van der Waals surface area contributed by atoms with Gasteiger partial charge in [-0.1, -0.05) is 5.21 Å². The highest BCUT2D eigenvalue weighted by Gasteiger charge is 2.28. The molecule has 6 nitrogen and oxygen atoms in total. The first kappa shape index (κ1) is 12.0. The van der Waals surface area contributed by atoms with E-state index in [1.807, 2.05) is 0 Å². The van der Waals surface area contributed by atoms with Gasteiger partial charge in [0.25, 0.3) is 0 Å². The summed E-state index contributed by atoms with van der Waals surface area (Å²) in [6.45, 7) is 2.22. The van der Waals surface area contributed by atoms with E-state index >= 15 is 0 Å². The van der Waals surface area contributed by atoms with Crippen LogP contribution >= 0.6 is 0 Å². The lowest BCUT2D eigenvalue weighted by molar-refractivity contribution is 0.0689. The van der Waals surface area contributed by atoms with Crippen LogP contribution in [0, 0.1) is 5.92 Å². The van der Waals surface area contributed by atoms with Crippen molar-refractivity contribution < 1.29 is 15.0 Å². The summed E-state index contributed by atoms with van der Waals surface area (Å²) in [4.78, 5) is 11.0. The van der Waals surface area contributed by atoms with Gasteiger partial charge in [-0.25, -0.2) is 9.48 Å². The third-order valence-electron chi connectivity index (χ3n) is 2.98. The fraction of sp³-hybridized carbons (Fsp3) is 0.727. The van der Waals surface area contributed by atoms with Crippen molar-refractivity contribution in [2.45, 2.75) is 45.3 Å². The predicted molar refractivity (Wildman–Crippen MR) is 59.7 cm³/mol. The highest BCUT2D eigenvalue weighted by molar-refractivity contribution is 5.86. The van der Waals surface area contributed by atoms with Gasteiger partial charge in [0.05, 0.1) is 11.8 Å². The number of aliphatic hydroxyl groups is 1. The Morgan fingerprint density at radius 3 is 2.82 bits per heavy atom. The molecule has 0 bridgehead atoms. The van der Waals surface area contributed by atoms with Gasteiger partial charge < -0.3 is 10.2 Å². The molecule has 0 amide bonds. The number of hydrogen-bond donors (Lipinski definition) is 2. The van der Waals surface area contributed by atoms with Crippen LogP contribution in [-0.4, -0.2) is 37.3 Å². The lowest BCUT2D eigenvalue weighted by atomic mass is 10.1. The second kappa shape index (κ2) is 4.83. The monoisotopic (exact) mass is 239 g/mol. The number of rotatable bonds is 6. The summed E-state index contributed by atoms with van der Waals surface area (Å²) in [6, 6.07) is 0. The third kappa shape index (κ3) is 3.03. The molecule has 94 valence electrons. The number of hydrogen-bond acceptors (Lipinski definition) is 4. The SMILES string of the molecule is CC(O)CCn1nnc(C(=O)O)c1CC1CC1. The molecule has 1 aromatic heterocycles. The second-order valence-electron chi connectivity index (χ2n) is 4.70. The molecule has 1 atom stereocenters. The molecular formula is C11H17N3O3. The van der Waals surface area contributed by atoms with Crippen LogP contribution in [0.1, 0.15) is 42.4 Å². The van der Waals surface area contributed by atoms with E-state index < -0.39 is 12.1 Å². The van der Waals surface area contributed by atoms with Crippen LogP contribution in [0.15, 0.2) is 0 Å². The third-order valence-corrected chi connectivity index (χ3v) is 2.98. The van der Waals surface area contributed by atoms with Gasteiger partial charge in [-0.2, -0.15) is 0 Å². The highest BCUT2D eigenvalue weighted by Crippen LogP contribution is 2.33. The Bertz CT molecular complexity index is 410. The zero-order chi connectivity index (χ0) is 12.4. The Kier molecular flexibility index (Phi) is 3.42. The Morgan fingerprint density at radius 1 is 1.59 bits per heavy atom. The number of carbonyl (C=O) groups is 1. The molecule has 6 heteroatoms. The first-order chi connectivity index (χ1) is 8.08. The van der Waals surface area contributed by atoms with Crippen molar-refractivity contribution in [3.63, 3.8) is 0 Å². The fourth-order valence-corrected chi connectivity index (χ4v) is 1.79. The molecule has 0 spiro atoms. The van der Waals surface area contributed by atoms with Crippen molar-refractivity contribution in [3.8, 4) is 0 Å². The highest BCUT2D eigenvalue weighted by atomic mass is 16.4. The van der Waals surface area contributed by atoms with Gasteiger partial charge in [-0.3, -0.25) is 0 Å². The van der Waals surface area contributed by atoms with Crippen LogP contribution < -0.4 is 0 Å². The van der Waals surface area contributed by atoms with E-state index in [9.17, 15) is 9.90 Å². The molecule has 0 saturated heterocycles. The number of aryl methyl sites for hydroxylation is 1. The Morgan fingerprint density at radius 2 is 2.29 bits per heavy atom. The molecule has 0 aromatic carbocycles. The average molecular weight is 239 g/mol. The van der Waals surface area contributed by atoms with E-state index in [-0.39, 0.29) is 5.69 Å². The fourth-order valence-electron chi connectivity index (χ4n) is 1.79. The summed E-state index contributed by atoms with van der Waals surface area (Å²) in [5.74, 6) is -0.444. The van der Waals surface area contributed by atoms with Crippen LogP contribution in [0.25, 0.3) is 0 Å². The smallest absolute Gasteiger partial charge is 0.358 e. The van der Waals surface area contributed by atoms with Gasteiger partial charge in [-0.05, 0) is 38.5 Å². The molecule has 1 heterocycles. The van der Waals surface area contributed by atoms with Crippen molar-refractivity contribution >= 4 is 5.97 Å².